The van der Waals surface area contributed by atoms with Crippen molar-refractivity contribution in [1.82, 2.24) is 9.97 Å². The maximum Gasteiger partial charge on any atom is 0.161 e. The number of H-pyrrole nitrogens is 1. The summed E-state index contributed by atoms with van der Waals surface area (Å²) in [4.78, 5) is 18.5. The summed E-state index contributed by atoms with van der Waals surface area (Å²) in [6, 6.07) is 12.9. The van der Waals surface area contributed by atoms with E-state index in [2.05, 4.69) is 9.97 Å². The van der Waals surface area contributed by atoms with Gasteiger partial charge in [0.15, 0.2) is 11.5 Å². The third-order valence-corrected chi connectivity index (χ3v) is 3.21. The molecule has 5 nitrogen and oxygen atoms in total. The molecule has 3 aromatic rings. The molecule has 0 bridgehead atoms. The van der Waals surface area contributed by atoms with Crippen molar-refractivity contribution < 1.29 is 14.3 Å². The Balaban J connectivity index is 1.79. The number of nitrogens with one attached hydrogen (secondary N) is 1. The molecule has 1 heterocycles. The third-order valence-electron chi connectivity index (χ3n) is 3.21. The van der Waals surface area contributed by atoms with Gasteiger partial charge in [0.2, 0.25) is 0 Å². The van der Waals surface area contributed by atoms with E-state index in [1.54, 1.807) is 18.2 Å². The van der Waals surface area contributed by atoms with Gasteiger partial charge in [-0.1, -0.05) is 12.1 Å². The number of rotatable bonds is 6. The third kappa shape index (κ3) is 2.93. The van der Waals surface area contributed by atoms with Crippen LogP contribution in [0.25, 0.3) is 11.0 Å². The highest BCUT2D eigenvalue weighted by atomic mass is 16.5. The molecule has 0 aliphatic carbocycles. The number of para-hydroxylation sites is 2. The van der Waals surface area contributed by atoms with Crippen LogP contribution in [0.2, 0.25) is 0 Å². The summed E-state index contributed by atoms with van der Waals surface area (Å²) in [5, 5.41) is 0. The number of benzene rings is 2. The fraction of sp³-hybridized carbons (Fsp3) is 0.176. The summed E-state index contributed by atoms with van der Waals surface area (Å²) in [6.45, 7) is 2.69. The molecule has 0 unspecified atom stereocenters. The number of nitrogens with zero attached hydrogens (tertiary/aromatic N) is 1. The maximum atomic E-state index is 10.8. The van der Waals surface area contributed by atoms with Crippen molar-refractivity contribution >= 4 is 17.3 Å². The molecule has 0 fully saturated rings. The van der Waals surface area contributed by atoms with Crippen molar-refractivity contribution in [3.05, 3.63) is 53.9 Å². The second kappa shape index (κ2) is 6.30. The Hall–Kier alpha value is -2.82. The topological polar surface area (TPSA) is 64.2 Å². The van der Waals surface area contributed by atoms with Crippen molar-refractivity contribution in [2.45, 2.75) is 13.5 Å². The lowest BCUT2D eigenvalue weighted by Gasteiger charge is -2.11. The molecule has 22 heavy (non-hydrogen) atoms. The van der Waals surface area contributed by atoms with E-state index in [1.807, 2.05) is 31.2 Å². The number of hydrogen-bond donors (Lipinski definition) is 1. The van der Waals surface area contributed by atoms with E-state index in [0.717, 1.165) is 23.1 Å². The van der Waals surface area contributed by atoms with Crippen LogP contribution in [0.5, 0.6) is 11.5 Å². The Morgan fingerprint density at radius 1 is 1.14 bits per heavy atom. The lowest BCUT2D eigenvalue weighted by atomic mass is 10.2. The minimum atomic E-state index is 0.301. The fourth-order valence-electron chi connectivity index (χ4n) is 2.21. The number of carbonyl (C=O) groups is 1. The number of aromatic nitrogens is 2. The monoisotopic (exact) mass is 296 g/mol. The average molecular weight is 296 g/mol. The lowest BCUT2D eigenvalue weighted by molar-refractivity contribution is 0.112. The largest absolute Gasteiger partial charge is 0.490 e. The highest BCUT2D eigenvalue weighted by Gasteiger charge is 2.08. The molecule has 5 heteroatoms. The van der Waals surface area contributed by atoms with E-state index in [9.17, 15) is 4.79 Å². The van der Waals surface area contributed by atoms with Crippen LogP contribution in [0.4, 0.5) is 0 Å². The number of hydrogen-bond acceptors (Lipinski definition) is 4. The van der Waals surface area contributed by atoms with Gasteiger partial charge in [0, 0.05) is 5.56 Å². The van der Waals surface area contributed by atoms with Gasteiger partial charge in [0.05, 0.1) is 17.6 Å². The van der Waals surface area contributed by atoms with Gasteiger partial charge in [-0.2, -0.15) is 0 Å². The van der Waals surface area contributed by atoms with Gasteiger partial charge in [0.25, 0.3) is 0 Å². The Kier molecular flexibility index (Phi) is 4.05. The second-order valence-corrected chi connectivity index (χ2v) is 4.75. The van der Waals surface area contributed by atoms with Crippen LogP contribution in [0.15, 0.2) is 42.5 Å². The number of fused-ring (bicyclic) bond motifs is 1. The van der Waals surface area contributed by atoms with Gasteiger partial charge in [-0.25, -0.2) is 4.98 Å². The highest BCUT2D eigenvalue weighted by molar-refractivity contribution is 5.76. The molecule has 112 valence electrons. The van der Waals surface area contributed by atoms with E-state index in [1.165, 1.54) is 0 Å². The standard InChI is InChI=1S/C17H16N2O3/c1-2-21-16-9-12(10-20)7-8-15(16)22-11-17-18-13-5-3-4-6-14(13)19-17/h3-10H,2,11H2,1H3,(H,18,19). The zero-order chi connectivity index (χ0) is 15.4. The number of ether oxygens (including phenoxy) is 2. The second-order valence-electron chi connectivity index (χ2n) is 4.75. The molecule has 0 aliphatic rings. The molecular formula is C17H16N2O3. The summed E-state index contributed by atoms with van der Waals surface area (Å²) < 4.78 is 11.3. The first kappa shape index (κ1) is 14.1. The smallest absolute Gasteiger partial charge is 0.161 e. The van der Waals surface area contributed by atoms with Crippen LogP contribution >= 0.6 is 0 Å². The van der Waals surface area contributed by atoms with Gasteiger partial charge in [-0.15, -0.1) is 0 Å². The van der Waals surface area contributed by atoms with E-state index < -0.39 is 0 Å². The predicted octanol–water partition coefficient (Wildman–Crippen LogP) is 3.35. The first-order valence-electron chi connectivity index (χ1n) is 7.08. The molecule has 1 aromatic heterocycles. The zero-order valence-electron chi connectivity index (χ0n) is 12.2. The molecular weight excluding hydrogens is 280 g/mol. The Labute approximate surface area is 127 Å². The van der Waals surface area contributed by atoms with Gasteiger partial charge < -0.3 is 14.5 Å². The van der Waals surface area contributed by atoms with Crippen LogP contribution in [-0.2, 0) is 6.61 Å². The SMILES string of the molecule is CCOc1cc(C=O)ccc1OCc1nc2ccccc2[nH]1. The van der Waals surface area contributed by atoms with Gasteiger partial charge in [-0.05, 0) is 37.3 Å². The molecule has 0 spiro atoms. The molecule has 3 rings (SSSR count). The Bertz CT molecular complexity index is 762. The molecule has 2 aromatic carbocycles. The van der Waals surface area contributed by atoms with Crippen molar-refractivity contribution in [3.63, 3.8) is 0 Å². The minimum absolute atomic E-state index is 0.301. The minimum Gasteiger partial charge on any atom is -0.490 e. The van der Waals surface area contributed by atoms with Gasteiger partial charge in [0.1, 0.15) is 18.7 Å². The van der Waals surface area contributed by atoms with Crippen LogP contribution in [0.1, 0.15) is 23.1 Å². The lowest BCUT2D eigenvalue weighted by Crippen LogP contribution is -2.01. The van der Waals surface area contributed by atoms with E-state index in [-0.39, 0.29) is 0 Å². The van der Waals surface area contributed by atoms with Crippen molar-refractivity contribution in [3.8, 4) is 11.5 Å². The van der Waals surface area contributed by atoms with Crippen molar-refractivity contribution in [2.24, 2.45) is 0 Å². The summed E-state index contributed by atoms with van der Waals surface area (Å²) in [5.41, 5.74) is 2.43. The summed E-state index contributed by atoms with van der Waals surface area (Å²) in [6.07, 6.45) is 0.783. The average Bonchev–Trinajstić information content (AvgIpc) is 2.96. The van der Waals surface area contributed by atoms with Crippen molar-refractivity contribution in [2.75, 3.05) is 6.61 Å². The van der Waals surface area contributed by atoms with Gasteiger partial charge >= 0.3 is 0 Å². The molecule has 0 saturated carbocycles. The summed E-state index contributed by atoms with van der Waals surface area (Å²) >= 11 is 0. The number of aldehydes is 1. The van der Waals surface area contributed by atoms with Gasteiger partial charge in [-0.3, -0.25) is 4.79 Å². The fourth-order valence-corrected chi connectivity index (χ4v) is 2.21. The highest BCUT2D eigenvalue weighted by Crippen LogP contribution is 2.28. The van der Waals surface area contributed by atoms with Crippen LogP contribution in [0.3, 0.4) is 0 Å². The summed E-state index contributed by atoms with van der Waals surface area (Å²) in [7, 11) is 0. The molecule has 1 N–H and O–H groups in total. The van der Waals surface area contributed by atoms with Crippen LogP contribution < -0.4 is 9.47 Å². The molecule has 0 amide bonds. The maximum absolute atomic E-state index is 10.8. The molecule has 0 atom stereocenters. The molecule has 0 aliphatic heterocycles. The van der Waals surface area contributed by atoms with Crippen molar-refractivity contribution in [1.29, 1.82) is 0 Å². The number of carbonyl (C=O) groups excluding carboxylic acids is 1. The van der Waals surface area contributed by atoms with E-state index >= 15 is 0 Å². The van der Waals surface area contributed by atoms with Crippen LogP contribution in [-0.4, -0.2) is 22.9 Å². The summed E-state index contributed by atoms with van der Waals surface area (Å²) in [5.74, 6) is 1.89. The predicted molar refractivity (Wildman–Crippen MR) is 83.4 cm³/mol. The first-order chi connectivity index (χ1) is 10.8. The zero-order valence-corrected chi connectivity index (χ0v) is 12.2. The van der Waals surface area contributed by atoms with E-state index in [4.69, 9.17) is 9.47 Å². The number of aromatic amines is 1. The Morgan fingerprint density at radius 3 is 2.77 bits per heavy atom. The number of imidazole rings is 1. The normalized spacial score (nSPS) is 10.6. The first-order valence-corrected chi connectivity index (χ1v) is 7.08. The van der Waals surface area contributed by atoms with E-state index in [0.29, 0.717) is 30.3 Å². The van der Waals surface area contributed by atoms with Crippen LogP contribution in [0, 0.1) is 0 Å². The Morgan fingerprint density at radius 2 is 2.00 bits per heavy atom. The quantitative estimate of drug-likeness (QED) is 0.708. The molecule has 0 saturated heterocycles. The molecule has 0 radical (unpaired) electrons.